The van der Waals surface area contributed by atoms with E-state index in [-0.39, 0.29) is 36.7 Å². The summed E-state index contributed by atoms with van der Waals surface area (Å²) in [4.78, 5) is 19.7. The van der Waals surface area contributed by atoms with Gasteiger partial charge in [-0.15, -0.1) is 6.42 Å². The number of aromatic nitrogens is 4. The van der Waals surface area contributed by atoms with Gasteiger partial charge in [-0.1, -0.05) is 12.0 Å². The number of rotatable bonds is 13. The summed E-state index contributed by atoms with van der Waals surface area (Å²) in [6, 6.07) is 6.80. The predicted octanol–water partition coefficient (Wildman–Crippen LogP) is 4.62. The average Bonchev–Trinajstić information content (AvgIpc) is 3.50. The van der Waals surface area contributed by atoms with Crippen LogP contribution in [0.1, 0.15) is 43.2 Å². The standard InChI is InChI=1S/C41H49FN6O7/c1-3-33-34(42)8-7-27-14-31(54-26-49-2)15-28(36(27)33)18-48-25-43-37-38(48)44-40(47-11-13-50-22-32(19-47)55-35-6-4-5-12-52-35)45-39(37)53-24-41(9-10-41)23-46-16-29-20-51-21-30(29)17-46/h1,7-8,14-15,25,29-30,32,35H,4-6,9-13,16-24,26H2,2H3. The molecule has 0 bridgehead atoms. The first-order chi connectivity index (χ1) is 27.0. The first kappa shape index (κ1) is 36.5. The van der Waals surface area contributed by atoms with E-state index in [1.807, 2.05) is 16.7 Å². The molecule has 292 valence electrons. The fourth-order valence-corrected chi connectivity index (χ4v) is 8.63. The van der Waals surface area contributed by atoms with Crippen LogP contribution in [0.4, 0.5) is 10.3 Å². The molecule has 4 unspecified atom stereocenters. The van der Waals surface area contributed by atoms with E-state index >= 15 is 4.39 Å². The molecule has 6 heterocycles. The lowest BCUT2D eigenvalue weighted by Gasteiger charge is -2.29. The minimum atomic E-state index is -0.462. The van der Waals surface area contributed by atoms with Gasteiger partial charge >= 0.3 is 0 Å². The van der Waals surface area contributed by atoms with Crippen LogP contribution in [-0.2, 0) is 30.2 Å². The second-order valence-corrected chi connectivity index (χ2v) is 15.8. The van der Waals surface area contributed by atoms with Crippen molar-refractivity contribution < 1.29 is 37.5 Å². The van der Waals surface area contributed by atoms with E-state index < -0.39 is 5.82 Å². The number of halogens is 1. The summed E-state index contributed by atoms with van der Waals surface area (Å²) in [6.07, 6.45) is 12.3. The third kappa shape index (κ3) is 7.83. The summed E-state index contributed by atoms with van der Waals surface area (Å²) in [5, 5.41) is 1.38. The zero-order valence-corrected chi connectivity index (χ0v) is 31.4. The minimum absolute atomic E-state index is 0.0609. The normalized spacial score (nSPS) is 25.2. The Morgan fingerprint density at radius 3 is 2.67 bits per heavy atom. The molecule has 5 aliphatic rings. The molecule has 4 atom stereocenters. The maximum atomic E-state index is 15.1. The van der Waals surface area contributed by atoms with Gasteiger partial charge in [0.05, 0.1) is 51.5 Å². The minimum Gasteiger partial charge on any atom is -0.475 e. The van der Waals surface area contributed by atoms with Gasteiger partial charge in [0.1, 0.15) is 17.7 Å². The van der Waals surface area contributed by atoms with Crippen molar-refractivity contribution in [3.63, 3.8) is 0 Å². The molecular formula is C41H49FN6O7. The molecule has 4 aliphatic heterocycles. The Balaban J connectivity index is 1.05. The molecule has 0 amide bonds. The summed E-state index contributed by atoms with van der Waals surface area (Å²) in [5.41, 5.74) is 2.16. The number of hydrogen-bond donors (Lipinski definition) is 0. The maximum absolute atomic E-state index is 15.1. The highest BCUT2D eigenvalue weighted by Crippen LogP contribution is 2.48. The zero-order chi connectivity index (χ0) is 37.4. The monoisotopic (exact) mass is 756 g/mol. The van der Waals surface area contributed by atoms with Crippen LogP contribution in [0.2, 0.25) is 0 Å². The summed E-state index contributed by atoms with van der Waals surface area (Å²) in [6.45, 7) is 8.55. The molecule has 9 rings (SSSR count). The van der Waals surface area contributed by atoms with E-state index in [1.165, 1.54) is 6.07 Å². The molecule has 55 heavy (non-hydrogen) atoms. The van der Waals surface area contributed by atoms with E-state index in [2.05, 4.69) is 15.7 Å². The largest absolute Gasteiger partial charge is 0.475 e. The van der Waals surface area contributed by atoms with Crippen molar-refractivity contribution in [2.75, 3.05) is 91.2 Å². The van der Waals surface area contributed by atoms with Gasteiger partial charge in [0.15, 0.2) is 24.2 Å². The van der Waals surface area contributed by atoms with Crippen LogP contribution in [0.3, 0.4) is 0 Å². The molecule has 14 heteroatoms. The quantitative estimate of drug-likeness (QED) is 0.140. The molecule has 0 radical (unpaired) electrons. The van der Waals surface area contributed by atoms with E-state index in [4.69, 9.17) is 54.5 Å². The number of fused-ring (bicyclic) bond motifs is 3. The fraction of sp³-hybridized carbons (Fsp3) is 0.585. The first-order valence-electron chi connectivity index (χ1n) is 19.6. The number of benzene rings is 2. The highest BCUT2D eigenvalue weighted by Gasteiger charge is 2.48. The Morgan fingerprint density at radius 2 is 1.89 bits per heavy atom. The number of hydrogen-bond acceptors (Lipinski definition) is 12. The third-order valence-electron chi connectivity index (χ3n) is 11.7. The molecule has 5 fully saturated rings. The lowest BCUT2D eigenvalue weighted by molar-refractivity contribution is -0.193. The topological polar surface area (TPSA) is 115 Å². The van der Waals surface area contributed by atoms with Crippen molar-refractivity contribution >= 4 is 27.9 Å². The SMILES string of the molecule is C#Cc1c(F)ccc2cc(OCOC)cc(Cn3cnc4c(OCC5(CN6CC7COCC7C6)CC5)nc(N5CCOCC(OC6CCCCO6)C5)nc43)c12. The van der Waals surface area contributed by atoms with Crippen molar-refractivity contribution in [1.82, 2.24) is 24.4 Å². The van der Waals surface area contributed by atoms with Gasteiger partial charge in [-0.2, -0.15) is 9.97 Å². The van der Waals surface area contributed by atoms with Crippen molar-refractivity contribution in [2.24, 2.45) is 17.3 Å². The number of ether oxygens (including phenoxy) is 7. The van der Waals surface area contributed by atoms with Crippen LogP contribution in [0.15, 0.2) is 30.6 Å². The van der Waals surface area contributed by atoms with Crippen LogP contribution in [0.5, 0.6) is 11.6 Å². The predicted molar refractivity (Wildman–Crippen MR) is 202 cm³/mol. The smallest absolute Gasteiger partial charge is 0.247 e. The third-order valence-corrected chi connectivity index (χ3v) is 11.7. The summed E-state index contributed by atoms with van der Waals surface area (Å²) >= 11 is 0. The molecule has 4 saturated heterocycles. The summed E-state index contributed by atoms with van der Waals surface area (Å²) < 4.78 is 58.9. The van der Waals surface area contributed by atoms with Crippen LogP contribution in [-0.4, -0.2) is 123 Å². The lowest BCUT2D eigenvalue weighted by Crippen LogP contribution is -2.39. The van der Waals surface area contributed by atoms with Gasteiger partial charge in [-0.05, 0) is 61.3 Å². The Hall–Kier alpha value is -4.10. The van der Waals surface area contributed by atoms with Crippen LogP contribution in [0.25, 0.3) is 21.9 Å². The van der Waals surface area contributed by atoms with Crippen LogP contribution < -0.4 is 14.4 Å². The first-order valence-corrected chi connectivity index (χ1v) is 19.6. The van der Waals surface area contributed by atoms with Gasteiger partial charge in [0.2, 0.25) is 11.8 Å². The molecule has 1 aliphatic carbocycles. The number of methoxy groups -OCH3 is 1. The van der Waals surface area contributed by atoms with Gasteiger partial charge in [0, 0.05) is 69.1 Å². The van der Waals surface area contributed by atoms with Gasteiger partial charge in [-0.25, -0.2) is 9.37 Å². The molecule has 4 aromatic rings. The Kier molecular flexibility index (Phi) is 10.5. The Labute approximate surface area is 320 Å². The van der Waals surface area contributed by atoms with Crippen molar-refractivity contribution in [3.05, 3.63) is 47.5 Å². The molecule has 2 aromatic carbocycles. The Bertz CT molecular complexity index is 2030. The number of nitrogens with zero attached hydrogens (tertiary/aromatic N) is 6. The van der Waals surface area contributed by atoms with E-state index in [0.29, 0.717) is 85.5 Å². The average molecular weight is 757 g/mol. The van der Waals surface area contributed by atoms with Crippen LogP contribution >= 0.6 is 0 Å². The number of imidazole rings is 1. The molecule has 1 saturated carbocycles. The molecule has 0 N–H and O–H groups in total. The molecule has 13 nitrogen and oxygen atoms in total. The van der Waals surface area contributed by atoms with Crippen molar-refractivity contribution in [1.29, 1.82) is 0 Å². The lowest BCUT2D eigenvalue weighted by atomic mass is 9.98. The Morgan fingerprint density at radius 1 is 1.02 bits per heavy atom. The van der Waals surface area contributed by atoms with Gasteiger partial charge in [0.25, 0.3) is 0 Å². The number of likely N-dealkylation sites (tertiary alicyclic amines) is 1. The fourth-order valence-electron chi connectivity index (χ4n) is 8.63. The van der Waals surface area contributed by atoms with Crippen molar-refractivity contribution in [2.45, 2.75) is 51.0 Å². The zero-order valence-electron chi connectivity index (χ0n) is 31.4. The van der Waals surface area contributed by atoms with E-state index in [1.54, 1.807) is 19.5 Å². The maximum Gasteiger partial charge on any atom is 0.247 e. The number of terminal acetylenes is 1. The number of anilines is 1. The van der Waals surface area contributed by atoms with E-state index in [9.17, 15) is 0 Å². The molecular weight excluding hydrogens is 707 g/mol. The molecule has 2 aromatic heterocycles. The second kappa shape index (κ2) is 15.8. The van der Waals surface area contributed by atoms with Crippen LogP contribution in [0, 0.1) is 35.4 Å². The van der Waals surface area contributed by atoms with Gasteiger partial charge < -0.3 is 47.5 Å². The summed E-state index contributed by atoms with van der Waals surface area (Å²) in [7, 11) is 1.56. The second-order valence-electron chi connectivity index (χ2n) is 15.8. The van der Waals surface area contributed by atoms with E-state index in [0.717, 1.165) is 75.9 Å². The highest BCUT2D eigenvalue weighted by molar-refractivity contribution is 5.92. The van der Waals surface area contributed by atoms with Gasteiger partial charge in [-0.3, -0.25) is 0 Å². The molecule has 0 spiro atoms. The summed E-state index contributed by atoms with van der Waals surface area (Å²) in [5.74, 6) is 4.90. The highest BCUT2D eigenvalue weighted by atomic mass is 19.1. The van der Waals surface area contributed by atoms with Crippen molar-refractivity contribution in [3.8, 4) is 24.0 Å².